The number of benzene rings is 1. The molecule has 1 heterocycles. The largest absolute Gasteiger partial charge is 0.345 e. The van der Waals surface area contributed by atoms with Crippen molar-refractivity contribution in [2.75, 3.05) is 6.54 Å². The zero-order valence-corrected chi connectivity index (χ0v) is 15.4. The second kappa shape index (κ2) is 9.06. The van der Waals surface area contributed by atoms with Gasteiger partial charge in [-0.25, -0.2) is 0 Å². The molecule has 4 nitrogen and oxygen atoms in total. The standard InChI is InChI=1S/C17H23N3O.2ClH/c1-4-17(5-2,11-18)20-16(21)14-10-12(3)19-15-9-7-6-8-13(14)15;;/h6-10H,4-5,11,18H2,1-3H3,(H,20,21);2*1H. The van der Waals surface area contributed by atoms with Crippen LogP contribution >= 0.6 is 24.8 Å². The molecule has 0 fully saturated rings. The molecular formula is C17H25Cl2N3O. The predicted molar refractivity (Wildman–Crippen MR) is 101 cm³/mol. The van der Waals surface area contributed by atoms with Crippen molar-refractivity contribution in [3.05, 3.63) is 41.6 Å². The maximum atomic E-state index is 12.7. The number of amides is 1. The third-order valence-corrected chi connectivity index (χ3v) is 4.21. The van der Waals surface area contributed by atoms with Gasteiger partial charge in [0.05, 0.1) is 16.6 Å². The van der Waals surface area contributed by atoms with Crippen LogP contribution in [0.15, 0.2) is 30.3 Å². The number of nitrogens with two attached hydrogens (primary N) is 1. The maximum absolute atomic E-state index is 12.7. The number of hydrogen-bond acceptors (Lipinski definition) is 3. The van der Waals surface area contributed by atoms with E-state index < -0.39 is 0 Å². The molecule has 23 heavy (non-hydrogen) atoms. The number of rotatable bonds is 5. The number of carbonyl (C=O) groups is 1. The molecule has 0 aliphatic rings. The van der Waals surface area contributed by atoms with Crippen molar-refractivity contribution in [2.45, 2.75) is 39.2 Å². The molecule has 6 heteroatoms. The molecule has 0 atom stereocenters. The average molecular weight is 358 g/mol. The Kier molecular flexibility index (Phi) is 8.53. The maximum Gasteiger partial charge on any atom is 0.252 e. The summed E-state index contributed by atoms with van der Waals surface area (Å²) in [6, 6.07) is 9.54. The normalized spacial score (nSPS) is 10.6. The van der Waals surface area contributed by atoms with E-state index in [1.165, 1.54) is 0 Å². The second-order valence-electron chi connectivity index (χ2n) is 5.47. The molecule has 0 aliphatic carbocycles. The second-order valence-corrected chi connectivity index (χ2v) is 5.47. The van der Waals surface area contributed by atoms with Crippen molar-refractivity contribution in [1.29, 1.82) is 0 Å². The third kappa shape index (κ3) is 4.56. The summed E-state index contributed by atoms with van der Waals surface area (Å²) in [5.41, 5.74) is 7.88. The lowest BCUT2D eigenvalue weighted by atomic mass is 9.92. The van der Waals surface area contributed by atoms with Gasteiger partial charge in [0.25, 0.3) is 5.91 Å². The molecule has 0 saturated heterocycles. The number of aromatic nitrogens is 1. The molecule has 1 aromatic heterocycles. The van der Waals surface area contributed by atoms with Gasteiger partial charge in [-0.2, -0.15) is 0 Å². The molecule has 0 spiro atoms. The van der Waals surface area contributed by atoms with Gasteiger partial charge < -0.3 is 11.1 Å². The van der Waals surface area contributed by atoms with Gasteiger partial charge in [0.2, 0.25) is 0 Å². The quantitative estimate of drug-likeness (QED) is 0.858. The van der Waals surface area contributed by atoms with E-state index in [0.29, 0.717) is 12.1 Å². The van der Waals surface area contributed by atoms with Crippen molar-refractivity contribution in [3.63, 3.8) is 0 Å². The first-order valence-electron chi connectivity index (χ1n) is 7.44. The fraction of sp³-hybridized carbons (Fsp3) is 0.412. The number of aryl methyl sites for hydroxylation is 1. The Bertz CT molecular complexity index is 649. The highest BCUT2D eigenvalue weighted by Crippen LogP contribution is 2.20. The fourth-order valence-electron chi connectivity index (χ4n) is 2.57. The number of fused-ring (bicyclic) bond motifs is 1. The molecule has 0 unspecified atom stereocenters. The van der Waals surface area contributed by atoms with Gasteiger partial charge in [0, 0.05) is 17.6 Å². The fourth-order valence-corrected chi connectivity index (χ4v) is 2.57. The van der Waals surface area contributed by atoms with Crippen LogP contribution < -0.4 is 11.1 Å². The summed E-state index contributed by atoms with van der Waals surface area (Å²) >= 11 is 0. The number of pyridine rings is 1. The molecule has 0 radical (unpaired) electrons. The van der Waals surface area contributed by atoms with Crippen molar-refractivity contribution >= 4 is 41.6 Å². The van der Waals surface area contributed by atoms with E-state index in [-0.39, 0.29) is 36.3 Å². The third-order valence-electron chi connectivity index (χ3n) is 4.21. The average Bonchev–Trinajstić information content (AvgIpc) is 2.51. The van der Waals surface area contributed by atoms with Crippen molar-refractivity contribution < 1.29 is 4.79 Å². The van der Waals surface area contributed by atoms with Gasteiger partial charge in [0.15, 0.2) is 0 Å². The van der Waals surface area contributed by atoms with Crippen LogP contribution in [0.3, 0.4) is 0 Å². The number of para-hydroxylation sites is 1. The van der Waals surface area contributed by atoms with Crippen LogP contribution in [-0.4, -0.2) is 23.0 Å². The minimum atomic E-state index is -0.338. The summed E-state index contributed by atoms with van der Waals surface area (Å²) in [6.07, 6.45) is 1.63. The molecular weight excluding hydrogens is 333 g/mol. The van der Waals surface area contributed by atoms with E-state index in [4.69, 9.17) is 5.73 Å². The molecule has 0 saturated carbocycles. The number of carbonyl (C=O) groups excluding carboxylic acids is 1. The molecule has 1 aromatic carbocycles. The van der Waals surface area contributed by atoms with Gasteiger partial charge in [-0.15, -0.1) is 24.8 Å². The molecule has 2 rings (SSSR count). The molecule has 128 valence electrons. The lowest BCUT2D eigenvalue weighted by Gasteiger charge is -2.31. The summed E-state index contributed by atoms with van der Waals surface area (Å²) in [5, 5.41) is 4.00. The smallest absolute Gasteiger partial charge is 0.252 e. The Hall–Kier alpha value is -1.36. The summed E-state index contributed by atoms with van der Waals surface area (Å²) in [7, 11) is 0. The predicted octanol–water partition coefficient (Wildman–Crippen LogP) is 3.63. The number of hydrogen-bond donors (Lipinski definition) is 2. The number of nitrogens with one attached hydrogen (secondary N) is 1. The molecule has 3 N–H and O–H groups in total. The Morgan fingerprint density at radius 3 is 2.39 bits per heavy atom. The summed E-state index contributed by atoms with van der Waals surface area (Å²) in [5.74, 6) is -0.0779. The van der Waals surface area contributed by atoms with E-state index in [9.17, 15) is 4.79 Å². The van der Waals surface area contributed by atoms with E-state index in [0.717, 1.165) is 29.4 Å². The highest BCUT2D eigenvalue weighted by Gasteiger charge is 2.27. The van der Waals surface area contributed by atoms with Crippen LogP contribution in [0.5, 0.6) is 0 Å². The SMILES string of the molecule is CCC(CC)(CN)NC(=O)c1cc(C)nc2ccccc12.Cl.Cl. The number of nitrogens with zero attached hydrogens (tertiary/aromatic N) is 1. The van der Waals surface area contributed by atoms with Crippen molar-refractivity contribution in [2.24, 2.45) is 5.73 Å². The van der Waals surface area contributed by atoms with E-state index in [2.05, 4.69) is 10.3 Å². The highest BCUT2D eigenvalue weighted by atomic mass is 35.5. The van der Waals surface area contributed by atoms with Gasteiger partial charge >= 0.3 is 0 Å². The topological polar surface area (TPSA) is 68.0 Å². The van der Waals surface area contributed by atoms with Crippen LogP contribution in [0, 0.1) is 6.92 Å². The van der Waals surface area contributed by atoms with Gasteiger partial charge in [-0.1, -0.05) is 32.0 Å². The first-order valence-corrected chi connectivity index (χ1v) is 7.44. The molecule has 0 aliphatic heterocycles. The Balaban J connectivity index is 0.00000242. The lowest BCUT2D eigenvalue weighted by Crippen LogP contribution is -2.52. The zero-order valence-electron chi connectivity index (χ0n) is 13.8. The highest BCUT2D eigenvalue weighted by molar-refractivity contribution is 6.06. The van der Waals surface area contributed by atoms with E-state index >= 15 is 0 Å². The zero-order chi connectivity index (χ0) is 15.5. The van der Waals surface area contributed by atoms with Crippen molar-refractivity contribution in [3.8, 4) is 0 Å². The van der Waals surface area contributed by atoms with Crippen molar-refractivity contribution in [1.82, 2.24) is 10.3 Å². The Morgan fingerprint density at radius 1 is 1.22 bits per heavy atom. The minimum Gasteiger partial charge on any atom is -0.345 e. The van der Waals surface area contributed by atoms with Gasteiger partial charge in [-0.05, 0) is 31.9 Å². The van der Waals surface area contributed by atoms with Gasteiger partial charge in [-0.3, -0.25) is 9.78 Å². The summed E-state index contributed by atoms with van der Waals surface area (Å²) in [4.78, 5) is 17.2. The summed E-state index contributed by atoms with van der Waals surface area (Å²) < 4.78 is 0. The molecule has 1 amide bonds. The Morgan fingerprint density at radius 2 is 1.83 bits per heavy atom. The van der Waals surface area contributed by atoms with Gasteiger partial charge in [0.1, 0.15) is 0 Å². The van der Waals surface area contributed by atoms with Crippen LogP contribution in [0.1, 0.15) is 42.7 Å². The monoisotopic (exact) mass is 357 g/mol. The molecule has 0 bridgehead atoms. The lowest BCUT2D eigenvalue weighted by molar-refractivity contribution is 0.0897. The van der Waals surface area contributed by atoms with E-state index in [1.807, 2.05) is 51.1 Å². The summed E-state index contributed by atoms with van der Waals surface area (Å²) in [6.45, 7) is 6.44. The number of halogens is 2. The van der Waals surface area contributed by atoms with Crippen LogP contribution in [0.25, 0.3) is 10.9 Å². The van der Waals surface area contributed by atoms with Crippen LogP contribution in [0.2, 0.25) is 0 Å². The van der Waals surface area contributed by atoms with Crippen LogP contribution in [0.4, 0.5) is 0 Å². The first kappa shape index (κ1) is 21.6. The van der Waals surface area contributed by atoms with E-state index in [1.54, 1.807) is 0 Å². The first-order chi connectivity index (χ1) is 10.0. The van der Waals surface area contributed by atoms with Crippen LogP contribution in [-0.2, 0) is 0 Å². The Labute approximate surface area is 150 Å². The minimum absolute atomic E-state index is 0. The molecule has 2 aromatic rings.